The molecule has 1 heterocycles. The minimum atomic E-state index is 0.491. The van der Waals surface area contributed by atoms with Gasteiger partial charge >= 0.3 is 0 Å². The number of hydrogen-bond donors (Lipinski definition) is 1. The van der Waals surface area contributed by atoms with Crippen LogP contribution in [-0.4, -0.2) is 0 Å². The Hall–Kier alpha value is -4.14. The number of rotatable bonds is 2. The second-order valence-corrected chi connectivity index (χ2v) is 8.66. The fourth-order valence-electron chi connectivity index (χ4n) is 5.34. The van der Waals surface area contributed by atoms with Crippen molar-refractivity contribution in [3.8, 4) is 11.1 Å². The van der Waals surface area contributed by atoms with Crippen LogP contribution in [0.5, 0.6) is 0 Å². The van der Waals surface area contributed by atoms with E-state index in [4.69, 9.17) is 10.2 Å². The summed E-state index contributed by atoms with van der Waals surface area (Å²) in [6.07, 6.45) is 0. The van der Waals surface area contributed by atoms with Gasteiger partial charge in [-0.1, -0.05) is 78.9 Å². The molecule has 156 valence electrons. The van der Waals surface area contributed by atoms with Crippen molar-refractivity contribution < 1.29 is 4.42 Å². The Balaban J connectivity index is 1.53. The molecular formula is C31H21NO. The van der Waals surface area contributed by atoms with Gasteiger partial charge in [0.05, 0.1) is 0 Å². The predicted octanol–water partition coefficient (Wildman–Crippen LogP) is 8.17. The van der Waals surface area contributed by atoms with Crippen LogP contribution >= 0.6 is 0 Å². The first-order valence-corrected chi connectivity index (χ1v) is 11.3. The van der Waals surface area contributed by atoms with Crippen molar-refractivity contribution in [1.82, 2.24) is 0 Å². The van der Waals surface area contributed by atoms with Crippen molar-refractivity contribution in [1.29, 1.82) is 0 Å². The number of hydrogen-bond acceptors (Lipinski definition) is 2. The minimum absolute atomic E-state index is 0.491. The molecule has 2 N–H and O–H groups in total. The number of furan rings is 1. The Morgan fingerprint density at radius 1 is 0.485 bits per heavy atom. The summed E-state index contributed by atoms with van der Waals surface area (Å²) in [4.78, 5) is 0. The van der Waals surface area contributed by atoms with Crippen LogP contribution in [0.4, 0.5) is 0 Å². The summed E-state index contributed by atoms with van der Waals surface area (Å²) in [5.41, 5.74) is 11.3. The maximum atomic E-state index is 6.11. The van der Waals surface area contributed by atoms with E-state index in [9.17, 15) is 0 Å². The van der Waals surface area contributed by atoms with Crippen molar-refractivity contribution in [2.45, 2.75) is 6.54 Å². The SMILES string of the molecule is NCc1cccc2oc3ccc(-c4ccc5c6ccccc6c6ccccc6c5c4)cc3c12. The van der Waals surface area contributed by atoms with Crippen LogP contribution < -0.4 is 5.73 Å². The first kappa shape index (κ1) is 18.4. The Morgan fingerprint density at radius 2 is 1.06 bits per heavy atom. The Morgan fingerprint density at radius 3 is 1.73 bits per heavy atom. The van der Waals surface area contributed by atoms with E-state index >= 15 is 0 Å². The van der Waals surface area contributed by atoms with E-state index in [1.54, 1.807) is 0 Å². The largest absolute Gasteiger partial charge is 0.456 e. The molecule has 0 amide bonds. The lowest BCUT2D eigenvalue weighted by Gasteiger charge is -2.12. The molecule has 0 aliphatic carbocycles. The fraction of sp³-hybridized carbons (Fsp3) is 0.0323. The summed E-state index contributed by atoms with van der Waals surface area (Å²) >= 11 is 0. The second-order valence-electron chi connectivity index (χ2n) is 8.66. The molecule has 0 saturated heterocycles. The van der Waals surface area contributed by atoms with Gasteiger partial charge < -0.3 is 10.2 Å². The molecule has 0 bridgehead atoms. The van der Waals surface area contributed by atoms with E-state index in [0.29, 0.717) is 6.54 Å². The summed E-state index contributed by atoms with van der Waals surface area (Å²) < 4.78 is 6.11. The molecule has 2 nitrogen and oxygen atoms in total. The molecule has 0 spiro atoms. The smallest absolute Gasteiger partial charge is 0.135 e. The average Bonchev–Trinajstić information content (AvgIpc) is 3.27. The zero-order chi connectivity index (χ0) is 21.9. The zero-order valence-corrected chi connectivity index (χ0v) is 18.0. The normalized spacial score (nSPS) is 11.9. The first-order chi connectivity index (χ1) is 16.3. The maximum Gasteiger partial charge on any atom is 0.135 e. The quantitative estimate of drug-likeness (QED) is 0.285. The van der Waals surface area contributed by atoms with Crippen molar-refractivity contribution >= 4 is 54.3 Å². The molecule has 0 saturated carbocycles. The monoisotopic (exact) mass is 423 g/mol. The van der Waals surface area contributed by atoms with Gasteiger partial charge in [0, 0.05) is 17.3 Å². The molecule has 0 radical (unpaired) electrons. The maximum absolute atomic E-state index is 6.11. The molecule has 0 aliphatic heterocycles. The zero-order valence-electron chi connectivity index (χ0n) is 18.0. The molecule has 7 aromatic rings. The molecule has 1 aromatic heterocycles. The molecule has 2 heteroatoms. The topological polar surface area (TPSA) is 39.2 Å². The highest BCUT2D eigenvalue weighted by Gasteiger charge is 2.13. The third-order valence-electron chi connectivity index (χ3n) is 6.88. The van der Waals surface area contributed by atoms with E-state index < -0.39 is 0 Å². The molecule has 6 aromatic carbocycles. The highest BCUT2D eigenvalue weighted by molar-refractivity contribution is 6.25. The Labute approximate surface area is 190 Å². The van der Waals surface area contributed by atoms with E-state index in [0.717, 1.165) is 27.5 Å². The lowest BCUT2D eigenvalue weighted by molar-refractivity contribution is 0.668. The van der Waals surface area contributed by atoms with Crippen LogP contribution in [0.15, 0.2) is 108 Å². The average molecular weight is 424 g/mol. The summed E-state index contributed by atoms with van der Waals surface area (Å²) in [7, 11) is 0. The van der Waals surface area contributed by atoms with Gasteiger partial charge in [0.15, 0.2) is 0 Å². The van der Waals surface area contributed by atoms with Gasteiger partial charge in [0.25, 0.3) is 0 Å². The molecule has 0 unspecified atom stereocenters. The molecular weight excluding hydrogens is 402 g/mol. The van der Waals surface area contributed by atoms with Gasteiger partial charge in [0.1, 0.15) is 11.2 Å². The van der Waals surface area contributed by atoms with Crippen LogP contribution in [0, 0.1) is 0 Å². The molecule has 7 rings (SSSR count). The summed E-state index contributed by atoms with van der Waals surface area (Å²) in [5, 5.41) is 9.97. The standard InChI is InChI=1S/C31H21NO/c32-18-21-6-5-11-30-31(21)28-17-20(13-15-29(28)33-30)19-12-14-26-24-9-2-1-7-22(24)23-8-3-4-10-25(23)27(26)16-19/h1-17H,18,32H2. The van der Waals surface area contributed by atoms with E-state index in [1.807, 2.05) is 12.1 Å². The summed E-state index contributed by atoms with van der Waals surface area (Å²) in [5.74, 6) is 0. The van der Waals surface area contributed by atoms with Gasteiger partial charge in [0.2, 0.25) is 0 Å². The number of fused-ring (bicyclic) bond motifs is 9. The van der Waals surface area contributed by atoms with Gasteiger partial charge in [-0.15, -0.1) is 0 Å². The predicted molar refractivity (Wildman–Crippen MR) is 140 cm³/mol. The summed E-state index contributed by atoms with van der Waals surface area (Å²) in [6, 6.07) is 36.8. The lowest BCUT2D eigenvalue weighted by Crippen LogP contribution is -1.96. The summed E-state index contributed by atoms with van der Waals surface area (Å²) in [6.45, 7) is 0.491. The van der Waals surface area contributed by atoms with Gasteiger partial charge in [-0.2, -0.15) is 0 Å². The van der Waals surface area contributed by atoms with Crippen molar-refractivity contribution in [2.24, 2.45) is 5.73 Å². The molecule has 0 atom stereocenters. The van der Waals surface area contributed by atoms with Crippen molar-refractivity contribution in [3.63, 3.8) is 0 Å². The van der Waals surface area contributed by atoms with Crippen LogP contribution in [0.25, 0.3) is 65.4 Å². The number of benzene rings is 6. The molecule has 0 aliphatic rings. The third-order valence-corrected chi connectivity index (χ3v) is 6.88. The Kier molecular flexibility index (Phi) is 3.87. The second kappa shape index (κ2) is 6.93. The highest BCUT2D eigenvalue weighted by atomic mass is 16.3. The highest BCUT2D eigenvalue weighted by Crippen LogP contribution is 2.38. The van der Waals surface area contributed by atoms with Crippen LogP contribution in [0.2, 0.25) is 0 Å². The van der Waals surface area contributed by atoms with Crippen LogP contribution in [-0.2, 0) is 6.54 Å². The molecule has 33 heavy (non-hydrogen) atoms. The van der Waals surface area contributed by atoms with Gasteiger partial charge in [-0.05, 0) is 73.3 Å². The van der Waals surface area contributed by atoms with Gasteiger partial charge in [-0.25, -0.2) is 0 Å². The first-order valence-electron chi connectivity index (χ1n) is 11.3. The van der Waals surface area contributed by atoms with E-state index in [1.165, 1.54) is 43.4 Å². The van der Waals surface area contributed by atoms with Crippen LogP contribution in [0.3, 0.4) is 0 Å². The Bertz CT molecular complexity index is 1820. The van der Waals surface area contributed by atoms with E-state index in [2.05, 4.69) is 91.0 Å². The van der Waals surface area contributed by atoms with E-state index in [-0.39, 0.29) is 0 Å². The van der Waals surface area contributed by atoms with Crippen molar-refractivity contribution in [2.75, 3.05) is 0 Å². The van der Waals surface area contributed by atoms with Gasteiger partial charge in [-0.3, -0.25) is 0 Å². The minimum Gasteiger partial charge on any atom is -0.456 e. The molecule has 0 fully saturated rings. The lowest BCUT2D eigenvalue weighted by atomic mass is 9.92. The third kappa shape index (κ3) is 2.65. The van der Waals surface area contributed by atoms with Crippen LogP contribution in [0.1, 0.15) is 5.56 Å². The fourth-order valence-corrected chi connectivity index (χ4v) is 5.34. The number of nitrogens with two attached hydrogens (primary N) is 1. The van der Waals surface area contributed by atoms with Crippen molar-refractivity contribution in [3.05, 3.63) is 109 Å².